The van der Waals surface area contributed by atoms with Crippen LogP contribution in [0.25, 0.3) is 0 Å². The largest absolute Gasteiger partial charge is 0.508 e. The van der Waals surface area contributed by atoms with Gasteiger partial charge in [-0.05, 0) is 68.1 Å². The van der Waals surface area contributed by atoms with Gasteiger partial charge in [0.15, 0.2) is 0 Å². The van der Waals surface area contributed by atoms with E-state index in [1.807, 2.05) is 12.1 Å². The van der Waals surface area contributed by atoms with Crippen molar-refractivity contribution in [1.29, 1.82) is 0 Å². The molecule has 0 saturated carbocycles. The maximum absolute atomic E-state index is 9.30. The molecule has 0 fully saturated rings. The number of nitrogens with one attached hydrogen (secondary N) is 1. The zero-order chi connectivity index (χ0) is 14.7. The number of hydrogen-bond acceptors (Lipinski definition) is 2. The van der Waals surface area contributed by atoms with Gasteiger partial charge in [-0.3, -0.25) is 0 Å². The number of halogens is 1. The van der Waals surface area contributed by atoms with Crippen LogP contribution in [-0.4, -0.2) is 11.1 Å². The second-order valence-corrected chi connectivity index (χ2v) is 6.25. The van der Waals surface area contributed by atoms with Crippen LogP contribution in [-0.2, 0) is 6.42 Å². The van der Waals surface area contributed by atoms with Crippen LogP contribution in [0.5, 0.6) is 5.75 Å². The predicted molar refractivity (Wildman–Crippen MR) is 88.5 cm³/mol. The Morgan fingerprint density at radius 1 is 1.10 bits per heavy atom. The number of rotatable bonds is 4. The summed E-state index contributed by atoms with van der Waals surface area (Å²) in [7, 11) is 0. The van der Waals surface area contributed by atoms with Gasteiger partial charge in [-0.2, -0.15) is 0 Å². The topological polar surface area (TPSA) is 32.3 Å². The molecule has 0 aliphatic heterocycles. The lowest BCUT2D eigenvalue weighted by Gasteiger charge is -2.19. The van der Waals surface area contributed by atoms with Gasteiger partial charge in [-0.25, -0.2) is 0 Å². The van der Waals surface area contributed by atoms with E-state index in [0.29, 0.717) is 11.8 Å². The van der Waals surface area contributed by atoms with E-state index >= 15 is 0 Å². The lowest BCUT2D eigenvalue weighted by molar-refractivity contribution is 0.475. The number of phenols is 1. The van der Waals surface area contributed by atoms with Crippen molar-refractivity contribution in [2.45, 2.75) is 33.2 Å². The van der Waals surface area contributed by atoms with Crippen LogP contribution < -0.4 is 5.32 Å². The molecule has 3 heteroatoms. The van der Waals surface area contributed by atoms with Crippen LogP contribution in [0.4, 0.5) is 5.69 Å². The van der Waals surface area contributed by atoms with Crippen molar-refractivity contribution in [2.24, 2.45) is 0 Å². The molecule has 2 N–H and O–H groups in total. The third kappa shape index (κ3) is 3.76. The maximum Gasteiger partial charge on any atom is 0.115 e. The lowest BCUT2D eigenvalue weighted by Crippen LogP contribution is -2.19. The molecule has 2 aromatic rings. The molecular formula is C17H20BrNO. The Morgan fingerprint density at radius 3 is 2.20 bits per heavy atom. The van der Waals surface area contributed by atoms with Crippen molar-refractivity contribution < 1.29 is 5.11 Å². The van der Waals surface area contributed by atoms with Gasteiger partial charge < -0.3 is 10.4 Å². The summed E-state index contributed by atoms with van der Waals surface area (Å²) in [4.78, 5) is 0. The SMILES string of the molecule is Cc1cc(Br)cc(C)c1NC(C)Cc1ccc(O)cc1. The van der Waals surface area contributed by atoms with Gasteiger partial charge in [0, 0.05) is 16.2 Å². The fraction of sp³-hybridized carbons (Fsp3) is 0.294. The highest BCUT2D eigenvalue weighted by Gasteiger charge is 2.09. The van der Waals surface area contributed by atoms with Crippen molar-refractivity contribution >= 4 is 21.6 Å². The molecule has 20 heavy (non-hydrogen) atoms. The summed E-state index contributed by atoms with van der Waals surface area (Å²) in [5, 5.41) is 12.9. The Hall–Kier alpha value is -1.48. The van der Waals surface area contributed by atoms with E-state index in [1.54, 1.807) is 12.1 Å². The maximum atomic E-state index is 9.30. The van der Waals surface area contributed by atoms with E-state index in [9.17, 15) is 5.11 Å². The van der Waals surface area contributed by atoms with Crippen molar-refractivity contribution in [2.75, 3.05) is 5.32 Å². The molecule has 2 nitrogen and oxygen atoms in total. The molecule has 1 unspecified atom stereocenters. The minimum absolute atomic E-state index is 0.314. The first-order valence-electron chi connectivity index (χ1n) is 6.77. The van der Waals surface area contributed by atoms with Crippen LogP contribution in [0.1, 0.15) is 23.6 Å². The van der Waals surface area contributed by atoms with Crippen molar-refractivity contribution in [1.82, 2.24) is 0 Å². The monoisotopic (exact) mass is 333 g/mol. The molecule has 106 valence electrons. The molecule has 0 aromatic heterocycles. The van der Waals surface area contributed by atoms with Crippen LogP contribution in [0.15, 0.2) is 40.9 Å². The third-order valence-electron chi connectivity index (χ3n) is 3.37. The molecule has 2 rings (SSSR count). The molecule has 2 aromatic carbocycles. The number of aromatic hydroxyl groups is 1. The smallest absolute Gasteiger partial charge is 0.115 e. The Morgan fingerprint density at radius 2 is 1.65 bits per heavy atom. The third-order valence-corrected chi connectivity index (χ3v) is 3.82. The van der Waals surface area contributed by atoms with Gasteiger partial charge in [-0.1, -0.05) is 28.1 Å². The summed E-state index contributed by atoms with van der Waals surface area (Å²) in [6.45, 7) is 6.41. The first-order valence-corrected chi connectivity index (χ1v) is 7.56. The van der Waals surface area contributed by atoms with Crippen LogP contribution in [0, 0.1) is 13.8 Å². The molecule has 0 spiro atoms. The standard InChI is InChI=1S/C17H20BrNO/c1-11-8-15(18)9-12(2)17(11)19-13(3)10-14-4-6-16(20)7-5-14/h4-9,13,19-20H,10H2,1-3H3. The molecule has 0 bridgehead atoms. The fourth-order valence-corrected chi connectivity index (χ4v) is 3.11. The zero-order valence-electron chi connectivity index (χ0n) is 12.1. The molecule has 0 radical (unpaired) electrons. The minimum Gasteiger partial charge on any atom is -0.508 e. The predicted octanol–water partition coefficient (Wildman–Crippen LogP) is 4.81. The quantitative estimate of drug-likeness (QED) is 0.841. The summed E-state index contributed by atoms with van der Waals surface area (Å²) >= 11 is 3.52. The van der Waals surface area contributed by atoms with Gasteiger partial charge in [0.2, 0.25) is 0 Å². The van der Waals surface area contributed by atoms with Crippen LogP contribution in [0.2, 0.25) is 0 Å². The average Bonchev–Trinajstić information content (AvgIpc) is 2.36. The minimum atomic E-state index is 0.314. The number of hydrogen-bond donors (Lipinski definition) is 2. The van der Waals surface area contributed by atoms with E-state index in [4.69, 9.17) is 0 Å². The summed E-state index contributed by atoms with van der Waals surface area (Å²) in [5.41, 5.74) is 4.92. The van der Waals surface area contributed by atoms with Crippen molar-refractivity contribution in [3.8, 4) is 5.75 Å². The Labute approximate surface area is 129 Å². The summed E-state index contributed by atoms with van der Waals surface area (Å²) in [6, 6.07) is 12.0. The highest BCUT2D eigenvalue weighted by atomic mass is 79.9. The summed E-state index contributed by atoms with van der Waals surface area (Å²) in [6.07, 6.45) is 0.926. The normalized spacial score (nSPS) is 12.2. The van der Waals surface area contributed by atoms with Gasteiger partial charge in [-0.15, -0.1) is 0 Å². The number of phenolic OH excluding ortho intramolecular Hbond substituents is 1. The molecule has 0 heterocycles. The lowest BCUT2D eigenvalue weighted by atomic mass is 10.0. The highest BCUT2D eigenvalue weighted by molar-refractivity contribution is 9.10. The Balaban J connectivity index is 2.08. The van der Waals surface area contributed by atoms with E-state index in [2.05, 4.69) is 54.2 Å². The second-order valence-electron chi connectivity index (χ2n) is 5.33. The first kappa shape index (κ1) is 14.9. The summed E-state index contributed by atoms with van der Waals surface area (Å²) < 4.78 is 1.12. The number of aryl methyl sites for hydroxylation is 2. The Kier molecular flexibility index (Phi) is 4.71. The molecule has 0 aliphatic rings. The zero-order valence-corrected chi connectivity index (χ0v) is 13.7. The van der Waals surface area contributed by atoms with Gasteiger partial charge >= 0.3 is 0 Å². The van der Waals surface area contributed by atoms with Crippen LogP contribution >= 0.6 is 15.9 Å². The molecule has 0 amide bonds. The number of benzene rings is 2. The van der Waals surface area contributed by atoms with Gasteiger partial charge in [0.05, 0.1) is 0 Å². The average molecular weight is 334 g/mol. The number of anilines is 1. The van der Waals surface area contributed by atoms with Crippen LogP contribution in [0.3, 0.4) is 0 Å². The summed E-state index contributed by atoms with van der Waals surface area (Å²) in [5.74, 6) is 0.314. The molecular weight excluding hydrogens is 314 g/mol. The molecule has 1 atom stereocenters. The van der Waals surface area contributed by atoms with Crippen molar-refractivity contribution in [3.63, 3.8) is 0 Å². The van der Waals surface area contributed by atoms with E-state index < -0.39 is 0 Å². The fourth-order valence-electron chi connectivity index (χ4n) is 2.42. The van der Waals surface area contributed by atoms with Crippen molar-refractivity contribution in [3.05, 3.63) is 57.6 Å². The highest BCUT2D eigenvalue weighted by Crippen LogP contribution is 2.26. The van der Waals surface area contributed by atoms with E-state index in [0.717, 1.165) is 10.9 Å². The molecule has 0 aliphatic carbocycles. The first-order chi connectivity index (χ1) is 9.45. The van der Waals surface area contributed by atoms with E-state index in [1.165, 1.54) is 22.4 Å². The van der Waals surface area contributed by atoms with Gasteiger partial charge in [0.25, 0.3) is 0 Å². The Bertz CT molecular complexity index is 569. The van der Waals surface area contributed by atoms with Gasteiger partial charge in [0.1, 0.15) is 5.75 Å². The van der Waals surface area contributed by atoms with E-state index in [-0.39, 0.29) is 0 Å². The second kappa shape index (κ2) is 6.31. The molecule has 0 saturated heterocycles.